The molecule has 0 bridgehead atoms. The molecule has 1 aliphatic rings. The number of thiazole rings is 1. The third-order valence-corrected chi connectivity index (χ3v) is 4.25. The molecule has 1 N–H and O–H groups in total. The van der Waals surface area contributed by atoms with Crippen molar-refractivity contribution in [2.24, 2.45) is 5.92 Å². The normalized spacial score (nSPS) is 18.6. The Balaban J connectivity index is 1.74. The van der Waals surface area contributed by atoms with Crippen LogP contribution in [0.3, 0.4) is 0 Å². The predicted molar refractivity (Wildman–Crippen MR) is 70.8 cm³/mol. The van der Waals surface area contributed by atoms with Crippen LogP contribution >= 0.6 is 11.3 Å². The molecule has 10 heteroatoms. The van der Waals surface area contributed by atoms with Gasteiger partial charge in [-0.3, -0.25) is 4.90 Å². The molecule has 1 aromatic heterocycles. The van der Waals surface area contributed by atoms with E-state index in [1.807, 2.05) is 0 Å². The first-order valence-corrected chi connectivity index (χ1v) is 7.57. The van der Waals surface area contributed by atoms with Gasteiger partial charge >= 0.3 is 12.4 Å². The van der Waals surface area contributed by atoms with E-state index in [2.05, 4.69) is 10.3 Å². The summed E-state index contributed by atoms with van der Waals surface area (Å²) in [7, 11) is 0. The second kappa shape index (κ2) is 6.61. The maximum Gasteiger partial charge on any atom is 0.434 e. The number of hydrogen-bond acceptors (Lipinski definition) is 4. The number of hydrogen-bond donors (Lipinski definition) is 1. The smallest absolute Gasteiger partial charge is 0.361 e. The Morgan fingerprint density at radius 1 is 1.18 bits per heavy atom. The number of nitrogens with one attached hydrogen (secondary N) is 1. The highest BCUT2D eigenvalue weighted by Gasteiger charge is 2.34. The Kier molecular flexibility index (Phi) is 5.21. The lowest BCUT2D eigenvalue weighted by Crippen LogP contribution is -2.41. The Bertz CT molecular complexity index is 476. The van der Waals surface area contributed by atoms with Gasteiger partial charge in [-0.2, -0.15) is 26.3 Å². The fourth-order valence-corrected chi connectivity index (χ4v) is 3.05. The van der Waals surface area contributed by atoms with Gasteiger partial charge in [0.15, 0.2) is 10.8 Å². The minimum absolute atomic E-state index is 0.141. The number of nitrogens with zero attached hydrogens (tertiary/aromatic N) is 2. The van der Waals surface area contributed by atoms with E-state index in [0.717, 1.165) is 16.7 Å². The van der Waals surface area contributed by atoms with Crippen LogP contribution in [0.4, 0.5) is 31.5 Å². The summed E-state index contributed by atoms with van der Waals surface area (Å²) in [5.74, 6) is 0.141. The molecule has 0 unspecified atom stereocenters. The molecule has 1 fully saturated rings. The first-order chi connectivity index (χ1) is 10.1. The topological polar surface area (TPSA) is 28.2 Å². The van der Waals surface area contributed by atoms with Crippen molar-refractivity contribution in [2.45, 2.75) is 25.2 Å². The van der Waals surface area contributed by atoms with Gasteiger partial charge in [-0.25, -0.2) is 4.98 Å². The molecule has 22 heavy (non-hydrogen) atoms. The summed E-state index contributed by atoms with van der Waals surface area (Å²) in [4.78, 5) is 4.80. The second-order valence-electron chi connectivity index (χ2n) is 5.25. The predicted octanol–water partition coefficient (Wildman–Crippen LogP) is 3.85. The van der Waals surface area contributed by atoms with Crippen LogP contribution in [0.2, 0.25) is 0 Å². The summed E-state index contributed by atoms with van der Waals surface area (Å²) in [6, 6.07) is 0. The van der Waals surface area contributed by atoms with Crippen molar-refractivity contribution < 1.29 is 26.3 Å². The molecular formula is C12H15F6N3S. The van der Waals surface area contributed by atoms with Gasteiger partial charge in [-0.1, -0.05) is 0 Å². The SMILES string of the molecule is FC(F)(F)CN1CCC(CNc2nc(C(F)(F)F)cs2)CC1. The Hall–Kier alpha value is -1.03. The summed E-state index contributed by atoms with van der Waals surface area (Å²) >= 11 is 0.872. The average Bonchev–Trinajstić information content (AvgIpc) is 2.85. The molecule has 3 nitrogen and oxygen atoms in total. The van der Waals surface area contributed by atoms with Gasteiger partial charge in [0, 0.05) is 11.9 Å². The molecule has 1 aliphatic heterocycles. The van der Waals surface area contributed by atoms with Crippen molar-refractivity contribution in [3.05, 3.63) is 11.1 Å². The van der Waals surface area contributed by atoms with Crippen LogP contribution in [0.25, 0.3) is 0 Å². The maximum absolute atomic E-state index is 12.4. The molecule has 126 valence electrons. The highest BCUT2D eigenvalue weighted by molar-refractivity contribution is 7.13. The minimum Gasteiger partial charge on any atom is -0.361 e. The lowest BCUT2D eigenvalue weighted by Gasteiger charge is -2.32. The number of rotatable bonds is 4. The first kappa shape index (κ1) is 17.3. The standard InChI is InChI=1S/C12H15F6N3S/c13-11(14,15)7-21-3-1-8(2-4-21)5-19-10-20-9(6-22-10)12(16,17)18/h6,8H,1-5,7H2,(H,19,20). The fourth-order valence-electron chi connectivity index (χ4n) is 2.32. The van der Waals surface area contributed by atoms with Crippen molar-refractivity contribution in [2.75, 3.05) is 31.5 Å². The highest BCUT2D eigenvalue weighted by Crippen LogP contribution is 2.32. The second-order valence-corrected chi connectivity index (χ2v) is 6.11. The Labute approximate surface area is 127 Å². The maximum atomic E-state index is 12.4. The number of anilines is 1. The van der Waals surface area contributed by atoms with Gasteiger partial charge in [0.05, 0.1) is 6.54 Å². The van der Waals surface area contributed by atoms with Gasteiger partial charge in [-0.05, 0) is 31.8 Å². The minimum atomic E-state index is -4.46. The van der Waals surface area contributed by atoms with E-state index in [1.54, 1.807) is 0 Å². The molecule has 0 aliphatic carbocycles. The molecule has 2 heterocycles. The van der Waals surface area contributed by atoms with Crippen LogP contribution in [-0.4, -0.2) is 42.2 Å². The van der Waals surface area contributed by atoms with Gasteiger partial charge in [0.2, 0.25) is 0 Å². The largest absolute Gasteiger partial charge is 0.434 e. The van der Waals surface area contributed by atoms with E-state index in [-0.39, 0.29) is 11.0 Å². The van der Waals surface area contributed by atoms with Crippen LogP contribution in [0, 0.1) is 5.92 Å². The van der Waals surface area contributed by atoms with Crippen molar-refractivity contribution in [1.29, 1.82) is 0 Å². The zero-order valence-electron chi connectivity index (χ0n) is 11.5. The van der Waals surface area contributed by atoms with Gasteiger partial charge in [-0.15, -0.1) is 11.3 Å². The monoisotopic (exact) mass is 347 g/mol. The van der Waals surface area contributed by atoms with Crippen molar-refractivity contribution in [1.82, 2.24) is 9.88 Å². The van der Waals surface area contributed by atoms with E-state index in [1.165, 1.54) is 4.90 Å². The lowest BCUT2D eigenvalue weighted by molar-refractivity contribution is -0.148. The molecular weight excluding hydrogens is 332 g/mol. The van der Waals surface area contributed by atoms with Crippen LogP contribution in [0.15, 0.2) is 5.38 Å². The van der Waals surface area contributed by atoms with Crippen LogP contribution in [0.5, 0.6) is 0 Å². The van der Waals surface area contributed by atoms with E-state index in [4.69, 9.17) is 0 Å². The van der Waals surface area contributed by atoms with Gasteiger partial charge in [0.1, 0.15) is 0 Å². The highest BCUT2D eigenvalue weighted by atomic mass is 32.1. The third kappa shape index (κ3) is 5.31. The number of likely N-dealkylation sites (tertiary alicyclic amines) is 1. The lowest BCUT2D eigenvalue weighted by atomic mass is 9.97. The molecule has 0 atom stereocenters. The van der Waals surface area contributed by atoms with E-state index in [9.17, 15) is 26.3 Å². The van der Waals surface area contributed by atoms with Crippen LogP contribution in [-0.2, 0) is 6.18 Å². The fraction of sp³-hybridized carbons (Fsp3) is 0.750. The molecule has 1 saturated heterocycles. The van der Waals surface area contributed by atoms with E-state index in [0.29, 0.717) is 32.5 Å². The van der Waals surface area contributed by atoms with Gasteiger partial charge in [0.25, 0.3) is 0 Å². The number of halogens is 6. The number of alkyl halides is 6. The van der Waals surface area contributed by atoms with E-state index >= 15 is 0 Å². The quantitative estimate of drug-likeness (QED) is 0.839. The van der Waals surface area contributed by atoms with Crippen molar-refractivity contribution >= 4 is 16.5 Å². The molecule has 0 spiro atoms. The first-order valence-electron chi connectivity index (χ1n) is 6.69. The Morgan fingerprint density at radius 2 is 1.82 bits per heavy atom. The van der Waals surface area contributed by atoms with Crippen LogP contribution < -0.4 is 5.32 Å². The summed E-state index contributed by atoms with van der Waals surface area (Å²) in [5.41, 5.74) is -0.931. The molecule has 0 radical (unpaired) electrons. The number of aromatic nitrogens is 1. The Morgan fingerprint density at radius 3 is 2.32 bits per heavy atom. The van der Waals surface area contributed by atoms with Crippen LogP contribution in [0.1, 0.15) is 18.5 Å². The molecule has 0 aromatic carbocycles. The zero-order valence-corrected chi connectivity index (χ0v) is 12.3. The molecule has 2 rings (SSSR count). The average molecular weight is 347 g/mol. The number of piperidine rings is 1. The van der Waals surface area contributed by atoms with E-state index < -0.39 is 24.6 Å². The summed E-state index contributed by atoms with van der Waals surface area (Å²) in [6.45, 7) is 0.203. The summed E-state index contributed by atoms with van der Waals surface area (Å²) < 4.78 is 73.9. The molecule has 0 saturated carbocycles. The van der Waals surface area contributed by atoms with Crippen molar-refractivity contribution in [3.8, 4) is 0 Å². The summed E-state index contributed by atoms with van der Waals surface area (Å²) in [6.07, 6.45) is -7.49. The molecule has 1 aromatic rings. The molecule has 0 amide bonds. The summed E-state index contributed by atoms with van der Waals surface area (Å²) in [5, 5.41) is 3.96. The van der Waals surface area contributed by atoms with Gasteiger partial charge < -0.3 is 5.32 Å². The third-order valence-electron chi connectivity index (χ3n) is 3.45. The van der Waals surface area contributed by atoms with Crippen molar-refractivity contribution in [3.63, 3.8) is 0 Å². The zero-order chi connectivity index (χ0) is 16.4.